The standard InChI is InChI=1S/C12H16ClFN2O2/c1-7(2)10(3-4-17)16-12(18)9-5-8(14)6-15-11(9)13/h5-7,10,17H,3-4H2,1-2H3,(H,16,18). The first-order valence-corrected chi connectivity index (χ1v) is 6.06. The highest BCUT2D eigenvalue weighted by Gasteiger charge is 2.19. The number of amides is 1. The van der Waals surface area contributed by atoms with Gasteiger partial charge in [-0.2, -0.15) is 0 Å². The van der Waals surface area contributed by atoms with E-state index in [1.165, 1.54) is 0 Å². The average Bonchev–Trinajstić information content (AvgIpc) is 2.31. The number of carbonyl (C=O) groups excluding carboxylic acids is 1. The van der Waals surface area contributed by atoms with E-state index in [-0.39, 0.29) is 29.3 Å². The molecule has 6 heteroatoms. The molecule has 1 unspecified atom stereocenters. The fourth-order valence-electron chi connectivity index (χ4n) is 1.54. The Kier molecular flexibility index (Phi) is 5.50. The molecule has 0 fully saturated rings. The van der Waals surface area contributed by atoms with Crippen LogP contribution in [-0.2, 0) is 0 Å². The number of pyridine rings is 1. The molecule has 1 heterocycles. The van der Waals surface area contributed by atoms with Crippen molar-refractivity contribution in [3.63, 3.8) is 0 Å². The summed E-state index contributed by atoms with van der Waals surface area (Å²) in [5.74, 6) is -0.951. The van der Waals surface area contributed by atoms with Gasteiger partial charge in [-0.25, -0.2) is 9.37 Å². The molecule has 0 aromatic carbocycles. The highest BCUT2D eigenvalue weighted by Crippen LogP contribution is 2.15. The molecule has 1 aromatic heterocycles. The van der Waals surface area contributed by atoms with Crippen molar-refractivity contribution in [1.29, 1.82) is 0 Å². The van der Waals surface area contributed by atoms with Crippen LogP contribution in [0.2, 0.25) is 5.15 Å². The SMILES string of the molecule is CC(C)C(CCO)NC(=O)c1cc(F)cnc1Cl. The second kappa shape index (κ2) is 6.66. The van der Waals surface area contributed by atoms with Crippen LogP contribution in [0.4, 0.5) is 4.39 Å². The number of aliphatic hydroxyl groups is 1. The van der Waals surface area contributed by atoms with Crippen molar-refractivity contribution in [2.75, 3.05) is 6.61 Å². The molecule has 1 atom stereocenters. The molecular formula is C12H16ClFN2O2. The summed E-state index contributed by atoms with van der Waals surface area (Å²) >= 11 is 5.74. The fourth-order valence-corrected chi connectivity index (χ4v) is 1.73. The summed E-state index contributed by atoms with van der Waals surface area (Å²) < 4.78 is 13.0. The van der Waals surface area contributed by atoms with E-state index in [2.05, 4.69) is 10.3 Å². The molecule has 0 saturated heterocycles. The third-order valence-corrected chi connectivity index (χ3v) is 2.91. The Labute approximate surface area is 110 Å². The highest BCUT2D eigenvalue weighted by molar-refractivity contribution is 6.32. The first kappa shape index (κ1) is 14.9. The number of aliphatic hydroxyl groups excluding tert-OH is 1. The summed E-state index contributed by atoms with van der Waals surface area (Å²) in [6.07, 6.45) is 1.39. The van der Waals surface area contributed by atoms with Crippen molar-refractivity contribution in [1.82, 2.24) is 10.3 Å². The lowest BCUT2D eigenvalue weighted by atomic mass is 10.0. The quantitative estimate of drug-likeness (QED) is 0.808. The minimum Gasteiger partial charge on any atom is -0.396 e. The summed E-state index contributed by atoms with van der Waals surface area (Å²) in [5, 5.41) is 11.6. The first-order chi connectivity index (χ1) is 8.45. The van der Waals surface area contributed by atoms with Crippen LogP contribution in [0.1, 0.15) is 30.6 Å². The molecule has 1 aromatic rings. The second-order valence-electron chi connectivity index (χ2n) is 4.33. The summed E-state index contributed by atoms with van der Waals surface area (Å²) in [6.45, 7) is 3.82. The van der Waals surface area contributed by atoms with Gasteiger partial charge in [0.05, 0.1) is 11.8 Å². The molecule has 0 aliphatic heterocycles. The first-order valence-electron chi connectivity index (χ1n) is 5.68. The number of rotatable bonds is 5. The minimum atomic E-state index is -0.618. The van der Waals surface area contributed by atoms with Gasteiger partial charge < -0.3 is 10.4 Å². The zero-order valence-electron chi connectivity index (χ0n) is 10.3. The van der Waals surface area contributed by atoms with E-state index in [1.807, 2.05) is 13.8 Å². The van der Waals surface area contributed by atoms with Crippen molar-refractivity contribution < 1.29 is 14.3 Å². The number of aromatic nitrogens is 1. The monoisotopic (exact) mass is 274 g/mol. The summed E-state index contributed by atoms with van der Waals surface area (Å²) in [6, 6.07) is 0.850. The molecule has 1 amide bonds. The molecular weight excluding hydrogens is 259 g/mol. The number of nitrogens with zero attached hydrogens (tertiary/aromatic N) is 1. The minimum absolute atomic E-state index is 0.000237. The molecule has 0 aliphatic rings. The van der Waals surface area contributed by atoms with Gasteiger partial charge in [0.15, 0.2) is 0 Å². The lowest BCUT2D eigenvalue weighted by Crippen LogP contribution is -2.39. The van der Waals surface area contributed by atoms with Crippen molar-refractivity contribution in [3.8, 4) is 0 Å². The number of hydrogen-bond donors (Lipinski definition) is 2. The molecule has 0 saturated carbocycles. The van der Waals surface area contributed by atoms with Crippen molar-refractivity contribution >= 4 is 17.5 Å². The molecule has 18 heavy (non-hydrogen) atoms. The third kappa shape index (κ3) is 3.92. The lowest BCUT2D eigenvalue weighted by Gasteiger charge is -2.21. The topological polar surface area (TPSA) is 62.2 Å². The molecule has 1 rings (SSSR count). The number of hydrogen-bond acceptors (Lipinski definition) is 3. The van der Waals surface area contributed by atoms with Crippen LogP contribution >= 0.6 is 11.6 Å². The normalized spacial score (nSPS) is 12.6. The van der Waals surface area contributed by atoms with Gasteiger partial charge in [0, 0.05) is 12.6 Å². The van der Waals surface area contributed by atoms with Crippen molar-refractivity contribution in [2.24, 2.45) is 5.92 Å². The van der Waals surface area contributed by atoms with Crippen LogP contribution in [0.3, 0.4) is 0 Å². The van der Waals surface area contributed by atoms with Gasteiger partial charge in [-0.15, -0.1) is 0 Å². The Bertz CT molecular complexity index is 427. The van der Waals surface area contributed by atoms with E-state index < -0.39 is 11.7 Å². The maximum absolute atomic E-state index is 13.0. The van der Waals surface area contributed by atoms with E-state index in [4.69, 9.17) is 16.7 Å². The van der Waals surface area contributed by atoms with Crippen LogP contribution in [0, 0.1) is 11.7 Å². The van der Waals surface area contributed by atoms with Crippen molar-refractivity contribution in [2.45, 2.75) is 26.3 Å². The predicted molar refractivity (Wildman–Crippen MR) is 67.0 cm³/mol. The van der Waals surface area contributed by atoms with E-state index in [0.717, 1.165) is 12.3 Å². The maximum Gasteiger partial charge on any atom is 0.254 e. The predicted octanol–water partition coefficient (Wildman–Crippen LogP) is 2.01. The van der Waals surface area contributed by atoms with Crippen LogP contribution in [-0.4, -0.2) is 28.6 Å². The Morgan fingerprint density at radius 2 is 2.28 bits per heavy atom. The number of nitrogens with one attached hydrogen (secondary N) is 1. The van der Waals surface area contributed by atoms with E-state index in [0.29, 0.717) is 6.42 Å². The third-order valence-electron chi connectivity index (χ3n) is 2.61. The van der Waals surface area contributed by atoms with Gasteiger partial charge >= 0.3 is 0 Å². The van der Waals surface area contributed by atoms with Gasteiger partial charge in [0.2, 0.25) is 0 Å². The Balaban J connectivity index is 2.83. The Hall–Kier alpha value is -1.20. The van der Waals surface area contributed by atoms with E-state index in [1.54, 1.807) is 0 Å². The largest absolute Gasteiger partial charge is 0.396 e. The number of halogens is 2. The average molecular weight is 275 g/mol. The zero-order valence-corrected chi connectivity index (χ0v) is 11.0. The zero-order chi connectivity index (χ0) is 13.7. The Morgan fingerprint density at radius 1 is 1.61 bits per heavy atom. The van der Waals surface area contributed by atoms with Crippen LogP contribution in [0.25, 0.3) is 0 Å². The molecule has 4 nitrogen and oxygen atoms in total. The smallest absolute Gasteiger partial charge is 0.254 e. The number of carbonyl (C=O) groups is 1. The molecule has 0 aliphatic carbocycles. The summed E-state index contributed by atoms with van der Waals surface area (Å²) in [5.41, 5.74) is 0.000237. The lowest BCUT2D eigenvalue weighted by molar-refractivity contribution is 0.0916. The van der Waals surface area contributed by atoms with E-state index >= 15 is 0 Å². The fraction of sp³-hybridized carbons (Fsp3) is 0.500. The van der Waals surface area contributed by atoms with Crippen LogP contribution in [0.15, 0.2) is 12.3 Å². The van der Waals surface area contributed by atoms with Gasteiger partial charge in [-0.05, 0) is 18.4 Å². The van der Waals surface area contributed by atoms with Crippen molar-refractivity contribution in [3.05, 3.63) is 28.8 Å². The molecule has 100 valence electrons. The van der Waals surface area contributed by atoms with Gasteiger partial charge in [0.1, 0.15) is 11.0 Å². The summed E-state index contributed by atoms with van der Waals surface area (Å²) in [4.78, 5) is 15.5. The van der Waals surface area contributed by atoms with Crippen LogP contribution < -0.4 is 5.32 Å². The van der Waals surface area contributed by atoms with Gasteiger partial charge in [-0.1, -0.05) is 25.4 Å². The second-order valence-corrected chi connectivity index (χ2v) is 4.69. The van der Waals surface area contributed by atoms with Gasteiger partial charge in [0.25, 0.3) is 5.91 Å². The van der Waals surface area contributed by atoms with Gasteiger partial charge in [-0.3, -0.25) is 4.79 Å². The van der Waals surface area contributed by atoms with E-state index in [9.17, 15) is 9.18 Å². The molecule has 0 radical (unpaired) electrons. The molecule has 0 spiro atoms. The maximum atomic E-state index is 13.0. The molecule has 0 bridgehead atoms. The summed E-state index contributed by atoms with van der Waals surface area (Å²) in [7, 11) is 0. The highest BCUT2D eigenvalue weighted by atomic mass is 35.5. The van der Waals surface area contributed by atoms with Crippen LogP contribution in [0.5, 0.6) is 0 Å². The molecule has 2 N–H and O–H groups in total. The Morgan fingerprint density at radius 3 is 2.83 bits per heavy atom.